The van der Waals surface area contributed by atoms with Gasteiger partial charge in [0, 0.05) is 53.4 Å². The van der Waals surface area contributed by atoms with Crippen molar-refractivity contribution in [3.8, 4) is 0 Å². The molecule has 0 radical (unpaired) electrons. The molecule has 1 unspecified atom stereocenters. The van der Waals surface area contributed by atoms with Gasteiger partial charge < -0.3 is 20.3 Å². The fraction of sp³-hybridized carbons (Fsp3) is 0.895. The molecule has 1 heterocycles. The number of methoxy groups -OCH3 is 1. The molecule has 1 aliphatic heterocycles. The van der Waals surface area contributed by atoms with E-state index in [0.29, 0.717) is 24.3 Å². The van der Waals surface area contributed by atoms with Crippen molar-refractivity contribution >= 4 is 11.9 Å². The second kappa shape index (κ2) is 10.00. The summed E-state index contributed by atoms with van der Waals surface area (Å²) in [5, 5.41) is 6.73. The van der Waals surface area contributed by atoms with Gasteiger partial charge in [0.05, 0.1) is 0 Å². The summed E-state index contributed by atoms with van der Waals surface area (Å²) in [7, 11) is 3.55. The number of hydrogen-bond acceptors (Lipinski definition) is 3. The summed E-state index contributed by atoms with van der Waals surface area (Å²) < 4.78 is 5.25. The summed E-state index contributed by atoms with van der Waals surface area (Å²) in [4.78, 5) is 18.6. The molecule has 2 N–H and O–H groups in total. The Labute approximate surface area is 152 Å². The molecule has 144 valence electrons. The van der Waals surface area contributed by atoms with E-state index in [1.165, 1.54) is 25.7 Å². The summed E-state index contributed by atoms with van der Waals surface area (Å²) in [6.45, 7) is 6.42. The molecule has 0 aromatic heterocycles. The number of ether oxygens (including phenoxy) is 1. The van der Waals surface area contributed by atoms with Gasteiger partial charge in [-0.2, -0.15) is 0 Å². The first-order chi connectivity index (χ1) is 12.1. The molecule has 0 aromatic rings. The van der Waals surface area contributed by atoms with Crippen LogP contribution in [0.1, 0.15) is 51.9 Å². The van der Waals surface area contributed by atoms with Crippen LogP contribution < -0.4 is 10.6 Å². The fourth-order valence-corrected chi connectivity index (χ4v) is 3.86. The number of aliphatic imine (C=N–C) groups is 1. The quantitative estimate of drug-likeness (QED) is 0.518. The highest BCUT2D eigenvalue weighted by Gasteiger charge is 2.36. The van der Waals surface area contributed by atoms with Crippen LogP contribution in [0.2, 0.25) is 0 Å². The minimum atomic E-state index is 0.255. The molecule has 0 bridgehead atoms. The third-order valence-corrected chi connectivity index (χ3v) is 5.75. The van der Waals surface area contributed by atoms with Crippen LogP contribution in [0.15, 0.2) is 4.99 Å². The van der Waals surface area contributed by atoms with Gasteiger partial charge in [0.15, 0.2) is 5.96 Å². The Morgan fingerprint density at radius 1 is 1.32 bits per heavy atom. The lowest BCUT2D eigenvalue weighted by Crippen LogP contribution is -2.47. The minimum Gasteiger partial charge on any atom is -0.385 e. The number of carbonyl (C=O) groups excluding carboxylic acids is 1. The van der Waals surface area contributed by atoms with E-state index in [1.807, 2.05) is 4.90 Å². The molecule has 6 nitrogen and oxygen atoms in total. The van der Waals surface area contributed by atoms with Crippen LogP contribution in [0.25, 0.3) is 0 Å². The van der Waals surface area contributed by atoms with Crippen LogP contribution in [-0.2, 0) is 9.53 Å². The van der Waals surface area contributed by atoms with Crippen molar-refractivity contribution in [1.29, 1.82) is 0 Å². The second-order valence-electron chi connectivity index (χ2n) is 7.79. The lowest BCUT2D eigenvalue weighted by atomic mass is 9.67. The summed E-state index contributed by atoms with van der Waals surface area (Å²) in [6.07, 6.45) is 7.82. The Morgan fingerprint density at radius 2 is 2.12 bits per heavy atom. The van der Waals surface area contributed by atoms with Crippen molar-refractivity contribution in [3.05, 3.63) is 0 Å². The minimum absolute atomic E-state index is 0.255. The zero-order valence-corrected chi connectivity index (χ0v) is 16.3. The molecule has 2 fully saturated rings. The SMILES string of the molecule is CN=C(NCCC(=O)N1CCCC(C)C1)NCC1(CCOC)CCC1. The van der Waals surface area contributed by atoms with Crippen molar-refractivity contribution in [2.45, 2.75) is 51.9 Å². The van der Waals surface area contributed by atoms with Crippen LogP contribution in [0.3, 0.4) is 0 Å². The molecule has 0 spiro atoms. The Kier molecular flexibility index (Phi) is 8.00. The van der Waals surface area contributed by atoms with Crippen LogP contribution in [0, 0.1) is 11.3 Å². The Balaban J connectivity index is 1.67. The van der Waals surface area contributed by atoms with Gasteiger partial charge in [-0.05, 0) is 43.4 Å². The summed E-state index contributed by atoms with van der Waals surface area (Å²) >= 11 is 0. The first-order valence-corrected chi connectivity index (χ1v) is 9.80. The predicted molar refractivity (Wildman–Crippen MR) is 102 cm³/mol. The molecule has 0 aromatic carbocycles. The van der Waals surface area contributed by atoms with Crippen molar-refractivity contribution < 1.29 is 9.53 Å². The maximum Gasteiger partial charge on any atom is 0.224 e. The number of likely N-dealkylation sites (tertiary alicyclic amines) is 1. The van der Waals surface area contributed by atoms with E-state index in [1.54, 1.807) is 14.2 Å². The van der Waals surface area contributed by atoms with E-state index in [4.69, 9.17) is 4.74 Å². The lowest BCUT2D eigenvalue weighted by molar-refractivity contribution is -0.132. The van der Waals surface area contributed by atoms with Crippen LogP contribution >= 0.6 is 0 Å². The Bertz CT molecular complexity index is 449. The highest BCUT2D eigenvalue weighted by molar-refractivity contribution is 5.81. The van der Waals surface area contributed by atoms with Gasteiger partial charge in [-0.15, -0.1) is 0 Å². The van der Waals surface area contributed by atoms with E-state index >= 15 is 0 Å². The fourth-order valence-electron chi connectivity index (χ4n) is 3.86. The molecule has 25 heavy (non-hydrogen) atoms. The molecule has 2 aliphatic rings. The summed E-state index contributed by atoms with van der Waals surface area (Å²) in [5.41, 5.74) is 0.355. The van der Waals surface area contributed by atoms with E-state index in [9.17, 15) is 4.79 Å². The van der Waals surface area contributed by atoms with E-state index < -0.39 is 0 Å². The zero-order chi connectivity index (χ0) is 18.1. The normalized spacial score (nSPS) is 23.1. The molecular formula is C19H36N4O2. The molecule has 1 saturated carbocycles. The Hall–Kier alpha value is -1.30. The maximum atomic E-state index is 12.3. The van der Waals surface area contributed by atoms with Gasteiger partial charge in [0.25, 0.3) is 0 Å². The smallest absolute Gasteiger partial charge is 0.224 e. The number of nitrogens with one attached hydrogen (secondary N) is 2. The number of rotatable bonds is 8. The molecular weight excluding hydrogens is 316 g/mol. The van der Waals surface area contributed by atoms with E-state index in [2.05, 4.69) is 22.5 Å². The third-order valence-electron chi connectivity index (χ3n) is 5.75. The average Bonchev–Trinajstić information content (AvgIpc) is 2.58. The second-order valence-corrected chi connectivity index (χ2v) is 7.79. The predicted octanol–water partition coefficient (Wildman–Crippen LogP) is 2.01. The number of guanidine groups is 1. The van der Waals surface area contributed by atoms with Gasteiger partial charge in [-0.1, -0.05) is 13.3 Å². The van der Waals surface area contributed by atoms with Crippen LogP contribution in [0.4, 0.5) is 0 Å². The number of carbonyl (C=O) groups is 1. The number of piperidine rings is 1. The molecule has 1 atom stereocenters. The van der Waals surface area contributed by atoms with Crippen LogP contribution in [-0.4, -0.2) is 63.7 Å². The zero-order valence-electron chi connectivity index (χ0n) is 16.3. The van der Waals surface area contributed by atoms with E-state index in [-0.39, 0.29) is 5.91 Å². The molecule has 1 amide bonds. The highest BCUT2D eigenvalue weighted by Crippen LogP contribution is 2.43. The monoisotopic (exact) mass is 352 g/mol. The molecule has 1 aliphatic carbocycles. The average molecular weight is 353 g/mol. The summed E-state index contributed by atoms with van der Waals surface area (Å²) in [6, 6.07) is 0. The van der Waals surface area contributed by atoms with Crippen molar-refractivity contribution in [2.75, 3.05) is 46.9 Å². The van der Waals surface area contributed by atoms with Crippen molar-refractivity contribution in [2.24, 2.45) is 16.3 Å². The first-order valence-electron chi connectivity index (χ1n) is 9.80. The van der Waals surface area contributed by atoms with Crippen LogP contribution in [0.5, 0.6) is 0 Å². The van der Waals surface area contributed by atoms with Gasteiger partial charge in [-0.25, -0.2) is 0 Å². The topological polar surface area (TPSA) is 66.0 Å². The number of nitrogens with zero attached hydrogens (tertiary/aromatic N) is 2. The van der Waals surface area contributed by atoms with E-state index in [0.717, 1.165) is 45.0 Å². The molecule has 2 rings (SSSR count). The summed E-state index contributed by atoms with van der Waals surface area (Å²) in [5.74, 6) is 1.68. The molecule has 1 saturated heterocycles. The standard InChI is InChI=1S/C19H36N4O2/c1-16-6-4-12-23(14-16)17(24)7-11-21-18(20-2)22-15-19(8-5-9-19)10-13-25-3/h16H,4-15H2,1-3H3,(H2,20,21,22). The third kappa shape index (κ3) is 6.17. The highest BCUT2D eigenvalue weighted by atomic mass is 16.5. The number of amides is 1. The van der Waals surface area contributed by atoms with Crippen molar-refractivity contribution in [3.63, 3.8) is 0 Å². The lowest BCUT2D eigenvalue weighted by Gasteiger charge is -2.42. The van der Waals surface area contributed by atoms with Gasteiger partial charge in [0.2, 0.25) is 5.91 Å². The molecule has 6 heteroatoms. The van der Waals surface area contributed by atoms with Gasteiger partial charge in [0.1, 0.15) is 0 Å². The van der Waals surface area contributed by atoms with Gasteiger partial charge in [-0.3, -0.25) is 9.79 Å². The van der Waals surface area contributed by atoms with Gasteiger partial charge >= 0.3 is 0 Å². The maximum absolute atomic E-state index is 12.3. The largest absolute Gasteiger partial charge is 0.385 e. The Morgan fingerprint density at radius 3 is 2.72 bits per heavy atom. The van der Waals surface area contributed by atoms with Crippen molar-refractivity contribution in [1.82, 2.24) is 15.5 Å². The first kappa shape index (κ1) is 20.0. The number of hydrogen-bond donors (Lipinski definition) is 2.